The number of carbonyl (C=O) groups excluding carboxylic acids is 3. The van der Waals surface area contributed by atoms with Gasteiger partial charge in [-0.05, 0) is 41.5 Å². The molecule has 1 heterocycles. The zero-order valence-corrected chi connectivity index (χ0v) is 12.5. The molecule has 2 aromatic carbocycles. The van der Waals surface area contributed by atoms with Crippen LogP contribution in [0.2, 0.25) is 0 Å². The first-order chi connectivity index (χ1) is 11.6. The highest BCUT2D eigenvalue weighted by molar-refractivity contribution is 6.22. The molecule has 114 valence electrons. The van der Waals surface area contributed by atoms with E-state index in [0.29, 0.717) is 27.8 Å². The second-order valence-corrected chi connectivity index (χ2v) is 5.45. The Labute approximate surface area is 137 Å². The maximum Gasteiger partial charge on any atom is 0.344 e. The van der Waals surface area contributed by atoms with Crippen LogP contribution in [0.1, 0.15) is 36.6 Å². The number of hydrogen-bond donors (Lipinski definition) is 0. The molecule has 1 aliphatic heterocycles. The Morgan fingerprint density at radius 1 is 0.833 bits per heavy atom. The lowest BCUT2D eigenvalue weighted by molar-refractivity contribution is 0.0715. The lowest BCUT2D eigenvalue weighted by atomic mass is 9.89. The minimum Gasteiger partial charge on any atom is -0.414 e. The largest absolute Gasteiger partial charge is 0.414 e. The van der Waals surface area contributed by atoms with E-state index in [0.717, 1.165) is 5.56 Å². The number of benzene rings is 2. The molecule has 1 aliphatic carbocycles. The van der Waals surface area contributed by atoms with Crippen molar-refractivity contribution < 1.29 is 19.1 Å². The molecule has 0 radical (unpaired) electrons. The predicted molar refractivity (Wildman–Crippen MR) is 87.6 cm³/mol. The molecule has 0 fully saturated rings. The summed E-state index contributed by atoms with van der Waals surface area (Å²) in [5, 5.41) is 0. The van der Waals surface area contributed by atoms with Crippen molar-refractivity contribution in [2.45, 2.75) is 0 Å². The molecular weight excluding hydrogens is 304 g/mol. The summed E-state index contributed by atoms with van der Waals surface area (Å²) in [4.78, 5) is 35.9. The summed E-state index contributed by atoms with van der Waals surface area (Å²) in [6, 6.07) is 10.3. The Morgan fingerprint density at radius 2 is 1.54 bits per heavy atom. The van der Waals surface area contributed by atoms with Crippen LogP contribution in [0.3, 0.4) is 0 Å². The molecule has 4 heteroatoms. The van der Waals surface area contributed by atoms with E-state index in [4.69, 9.17) is 4.74 Å². The number of ketones is 2. The van der Waals surface area contributed by atoms with Crippen LogP contribution < -0.4 is 0 Å². The van der Waals surface area contributed by atoms with Crippen LogP contribution in [0.15, 0.2) is 60.9 Å². The normalized spacial score (nSPS) is 15.0. The van der Waals surface area contributed by atoms with Gasteiger partial charge < -0.3 is 4.74 Å². The van der Waals surface area contributed by atoms with E-state index in [-0.39, 0.29) is 17.3 Å². The number of cyclic esters (lactones) is 1. The van der Waals surface area contributed by atoms with Crippen molar-refractivity contribution in [1.82, 2.24) is 0 Å². The van der Waals surface area contributed by atoms with Crippen LogP contribution in [0, 0.1) is 0 Å². The molecule has 0 amide bonds. The van der Waals surface area contributed by atoms with Crippen LogP contribution in [0.4, 0.5) is 0 Å². The number of ether oxygens (including phenoxy) is 1. The number of fused-ring (bicyclic) bond motifs is 2. The van der Waals surface area contributed by atoms with Gasteiger partial charge in [0.15, 0.2) is 17.3 Å². The van der Waals surface area contributed by atoms with Gasteiger partial charge >= 0.3 is 5.97 Å². The first-order valence-electron chi connectivity index (χ1n) is 7.27. The van der Waals surface area contributed by atoms with Gasteiger partial charge in [-0.25, -0.2) is 4.79 Å². The number of hydrogen-bond acceptors (Lipinski definition) is 4. The minimum absolute atomic E-state index is 0.195. The topological polar surface area (TPSA) is 60.4 Å². The van der Waals surface area contributed by atoms with Crippen LogP contribution in [-0.4, -0.2) is 17.5 Å². The van der Waals surface area contributed by atoms with E-state index in [1.54, 1.807) is 30.3 Å². The van der Waals surface area contributed by atoms with Crippen LogP contribution in [0.5, 0.6) is 0 Å². The third kappa shape index (κ3) is 1.91. The highest BCUT2D eigenvalue weighted by atomic mass is 16.5. The van der Waals surface area contributed by atoms with E-state index in [1.807, 2.05) is 6.07 Å². The van der Waals surface area contributed by atoms with E-state index in [9.17, 15) is 14.4 Å². The fourth-order valence-corrected chi connectivity index (χ4v) is 2.99. The third-order valence-corrected chi connectivity index (χ3v) is 4.11. The Morgan fingerprint density at radius 3 is 2.29 bits per heavy atom. The molecule has 0 aromatic heterocycles. The molecule has 0 N–H and O–H groups in total. The summed E-state index contributed by atoms with van der Waals surface area (Å²) in [5.74, 6) is -0.596. The van der Waals surface area contributed by atoms with Gasteiger partial charge in [-0.1, -0.05) is 30.5 Å². The van der Waals surface area contributed by atoms with E-state index in [2.05, 4.69) is 12.3 Å². The van der Waals surface area contributed by atoms with E-state index in [1.165, 1.54) is 12.2 Å². The molecule has 0 saturated carbocycles. The highest BCUT2D eigenvalue weighted by Gasteiger charge is 2.29. The summed E-state index contributed by atoms with van der Waals surface area (Å²) in [7, 11) is 0. The SMILES string of the molecule is C=C=C1OC(=O)c2cccc(-c3ccc4c(c3)C(=O)C=CC4=O)c21. The second-order valence-electron chi connectivity index (χ2n) is 5.45. The molecule has 0 bridgehead atoms. The molecule has 0 spiro atoms. The molecule has 4 rings (SSSR count). The molecule has 4 nitrogen and oxygen atoms in total. The average Bonchev–Trinajstić information content (AvgIpc) is 2.94. The van der Waals surface area contributed by atoms with Gasteiger partial charge in [0.1, 0.15) is 0 Å². The molecule has 0 unspecified atom stereocenters. The minimum atomic E-state index is -0.454. The second kappa shape index (κ2) is 5.01. The Hall–Kier alpha value is -3.49. The van der Waals surface area contributed by atoms with Crippen molar-refractivity contribution in [1.29, 1.82) is 0 Å². The summed E-state index contributed by atoms with van der Waals surface area (Å²) in [6.07, 6.45) is 2.54. The lowest BCUT2D eigenvalue weighted by Crippen LogP contribution is -2.11. The van der Waals surface area contributed by atoms with Crippen molar-refractivity contribution in [3.05, 3.63) is 83.1 Å². The fourth-order valence-electron chi connectivity index (χ4n) is 2.99. The summed E-state index contributed by atoms with van der Waals surface area (Å²) >= 11 is 0. The molecule has 0 atom stereocenters. The molecule has 24 heavy (non-hydrogen) atoms. The maximum absolute atomic E-state index is 12.1. The van der Waals surface area contributed by atoms with Crippen molar-refractivity contribution in [3.63, 3.8) is 0 Å². The smallest absolute Gasteiger partial charge is 0.344 e. The van der Waals surface area contributed by atoms with Gasteiger partial charge in [0.25, 0.3) is 0 Å². The van der Waals surface area contributed by atoms with Crippen molar-refractivity contribution >= 4 is 23.3 Å². The maximum atomic E-state index is 12.1. The van der Waals surface area contributed by atoms with Crippen LogP contribution >= 0.6 is 0 Å². The Bertz CT molecular complexity index is 1030. The van der Waals surface area contributed by atoms with Crippen molar-refractivity contribution in [3.8, 4) is 11.1 Å². The zero-order chi connectivity index (χ0) is 16.8. The first-order valence-corrected chi connectivity index (χ1v) is 7.27. The molecule has 0 saturated heterocycles. The average molecular weight is 314 g/mol. The molecular formula is C20H10O4. The summed E-state index contributed by atoms with van der Waals surface area (Å²) in [5.41, 5.74) is 5.83. The summed E-state index contributed by atoms with van der Waals surface area (Å²) in [6.45, 7) is 3.56. The van der Waals surface area contributed by atoms with Gasteiger partial charge in [0, 0.05) is 16.7 Å². The van der Waals surface area contributed by atoms with E-state index < -0.39 is 5.97 Å². The fraction of sp³-hybridized carbons (Fsp3) is 0. The zero-order valence-electron chi connectivity index (χ0n) is 12.5. The number of allylic oxidation sites excluding steroid dienone is 2. The van der Waals surface area contributed by atoms with E-state index >= 15 is 0 Å². The quantitative estimate of drug-likeness (QED) is 0.596. The monoisotopic (exact) mass is 314 g/mol. The number of carbonyl (C=O) groups is 3. The summed E-state index contributed by atoms with van der Waals surface area (Å²) < 4.78 is 5.17. The van der Waals surface area contributed by atoms with Crippen molar-refractivity contribution in [2.75, 3.05) is 0 Å². The Balaban J connectivity index is 1.96. The lowest BCUT2D eigenvalue weighted by Gasteiger charge is -2.12. The predicted octanol–water partition coefficient (Wildman–Crippen LogP) is 3.59. The van der Waals surface area contributed by atoms with Gasteiger partial charge in [-0.15, -0.1) is 0 Å². The van der Waals surface area contributed by atoms with Gasteiger partial charge in [0.05, 0.1) is 5.56 Å². The van der Waals surface area contributed by atoms with Crippen LogP contribution in [0.25, 0.3) is 16.9 Å². The molecule has 2 aliphatic rings. The standard InChI is InChI=1S/C20H10O4/c1-2-18-19-12(4-3-5-14(19)20(23)24-18)11-6-7-13-15(10-11)17(22)9-8-16(13)21/h3-10H,1H2. The van der Waals surface area contributed by atoms with Gasteiger partial charge in [0.2, 0.25) is 0 Å². The van der Waals surface area contributed by atoms with Crippen molar-refractivity contribution in [2.24, 2.45) is 0 Å². The van der Waals surface area contributed by atoms with Crippen LogP contribution in [-0.2, 0) is 4.74 Å². The van der Waals surface area contributed by atoms with Gasteiger partial charge in [-0.2, -0.15) is 0 Å². The first kappa shape index (κ1) is 14.1. The van der Waals surface area contributed by atoms with Gasteiger partial charge in [-0.3, -0.25) is 9.59 Å². The number of esters is 1. The number of rotatable bonds is 1. The highest BCUT2D eigenvalue weighted by Crippen LogP contribution is 2.38. The Kier molecular flexibility index (Phi) is 2.95. The molecule has 2 aromatic rings. The third-order valence-electron chi connectivity index (χ3n) is 4.11.